The minimum absolute atomic E-state index is 0.0613. The number of hydrogen-bond acceptors (Lipinski definition) is 2. The summed E-state index contributed by atoms with van der Waals surface area (Å²) < 4.78 is 19.2. The fourth-order valence-electron chi connectivity index (χ4n) is 1.88. The van der Waals surface area contributed by atoms with Gasteiger partial charge in [-0.1, -0.05) is 19.1 Å². The summed E-state index contributed by atoms with van der Waals surface area (Å²) in [5.41, 5.74) is 1.87. The molecule has 1 N–H and O–H groups in total. The van der Waals surface area contributed by atoms with Crippen LogP contribution in [-0.4, -0.2) is 6.54 Å². The van der Waals surface area contributed by atoms with Gasteiger partial charge < -0.3 is 9.73 Å². The Hall–Kier alpha value is -1.13. The summed E-state index contributed by atoms with van der Waals surface area (Å²) in [4.78, 5) is 0. The van der Waals surface area contributed by atoms with Crippen LogP contribution in [0.3, 0.4) is 0 Å². The lowest BCUT2D eigenvalue weighted by Crippen LogP contribution is -2.23. The normalized spacial score (nSPS) is 12.6. The third-order valence-corrected chi connectivity index (χ3v) is 3.60. The molecule has 0 saturated heterocycles. The zero-order chi connectivity index (χ0) is 13.0. The van der Waals surface area contributed by atoms with E-state index in [0.717, 1.165) is 24.1 Å². The highest BCUT2D eigenvalue weighted by Gasteiger charge is 2.18. The standard InChI is InChI=1S/C14H15BrFNO/c1-2-7-17-14(10-6-8-18-9-10)11-4-3-5-12(16)13(11)15/h3-6,8-9,14,17H,2,7H2,1H3. The summed E-state index contributed by atoms with van der Waals surface area (Å²) in [6.07, 6.45) is 4.33. The molecule has 2 rings (SSSR count). The van der Waals surface area contributed by atoms with Crippen molar-refractivity contribution in [3.8, 4) is 0 Å². The molecule has 0 aliphatic rings. The first kappa shape index (κ1) is 13.3. The Balaban J connectivity index is 2.37. The summed E-state index contributed by atoms with van der Waals surface area (Å²) in [7, 11) is 0. The van der Waals surface area contributed by atoms with E-state index in [1.807, 2.05) is 12.1 Å². The third kappa shape index (κ3) is 2.82. The van der Waals surface area contributed by atoms with Crippen LogP contribution in [0.1, 0.15) is 30.5 Å². The van der Waals surface area contributed by atoms with Crippen LogP contribution in [-0.2, 0) is 0 Å². The van der Waals surface area contributed by atoms with Gasteiger partial charge in [-0.3, -0.25) is 0 Å². The fourth-order valence-corrected chi connectivity index (χ4v) is 2.37. The minimum Gasteiger partial charge on any atom is -0.472 e. The second-order valence-electron chi connectivity index (χ2n) is 4.09. The molecule has 0 saturated carbocycles. The maximum atomic E-state index is 13.6. The van der Waals surface area contributed by atoms with Gasteiger partial charge in [-0.25, -0.2) is 4.39 Å². The Bertz CT molecular complexity index is 499. The lowest BCUT2D eigenvalue weighted by atomic mass is 10.0. The van der Waals surface area contributed by atoms with E-state index >= 15 is 0 Å². The van der Waals surface area contributed by atoms with Crippen molar-refractivity contribution in [3.63, 3.8) is 0 Å². The molecule has 4 heteroatoms. The molecule has 0 fully saturated rings. The summed E-state index contributed by atoms with van der Waals surface area (Å²) in [6.45, 7) is 2.96. The van der Waals surface area contributed by atoms with Gasteiger partial charge in [0.25, 0.3) is 0 Å². The monoisotopic (exact) mass is 311 g/mol. The van der Waals surface area contributed by atoms with Crippen LogP contribution in [0.2, 0.25) is 0 Å². The smallest absolute Gasteiger partial charge is 0.137 e. The van der Waals surface area contributed by atoms with Crippen LogP contribution in [0.4, 0.5) is 4.39 Å². The lowest BCUT2D eigenvalue weighted by molar-refractivity contribution is 0.545. The van der Waals surface area contributed by atoms with E-state index in [0.29, 0.717) is 4.47 Å². The van der Waals surface area contributed by atoms with E-state index in [1.54, 1.807) is 18.6 Å². The fraction of sp³-hybridized carbons (Fsp3) is 0.286. The average Bonchev–Trinajstić information content (AvgIpc) is 2.88. The molecule has 1 unspecified atom stereocenters. The molecule has 1 aromatic heterocycles. The molecule has 0 aliphatic heterocycles. The number of benzene rings is 1. The maximum absolute atomic E-state index is 13.6. The van der Waals surface area contributed by atoms with E-state index in [9.17, 15) is 4.39 Å². The summed E-state index contributed by atoms with van der Waals surface area (Å²) in [6, 6.07) is 6.91. The molecule has 0 bridgehead atoms. The van der Waals surface area contributed by atoms with Crippen molar-refractivity contribution < 1.29 is 8.81 Å². The van der Waals surface area contributed by atoms with Gasteiger partial charge >= 0.3 is 0 Å². The quantitative estimate of drug-likeness (QED) is 0.892. The highest BCUT2D eigenvalue weighted by Crippen LogP contribution is 2.30. The van der Waals surface area contributed by atoms with Gasteiger partial charge in [-0.05, 0) is 46.6 Å². The van der Waals surface area contributed by atoms with Crippen molar-refractivity contribution >= 4 is 15.9 Å². The minimum atomic E-state index is -0.251. The summed E-state index contributed by atoms with van der Waals surface area (Å²) >= 11 is 3.31. The Kier molecular flexibility index (Phi) is 4.55. The predicted molar refractivity (Wildman–Crippen MR) is 72.9 cm³/mol. The Labute approximate surface area is 114 Å². The number of rotatable bonds is 5. The van der Waals surface area contributed by atoms with Crippen molar-refractivity contribution in [3.05, 3.63) is 58.2 Å². The van der Waals surface area contributed by atoms with E-state index in [2.05, 4.69) is 28.2 Å². The molecule has 2 aromatic rings. The molecule has 96 valence electrons. The second kappa shape index (κ2) is 6.16. The number of halogens is 2. The number of hydrogen-bond donors (Lipinski definition) is 1. The molecule has 0 amide bonds. The van der Waals surface area contributed by atoms with Crippen LogP contribution in [0, 0.1) is 5.82 Å². The second-order valence-corrected chi connectivity index (χ2v) is 4.88. The van der Waals surface area contributed by atoms with Gasteiger partial charge in [0.2, 0.25) is 0 Å². The Morgan fingerprint density at radius 1 is 1.39 bits per heavy atom. The Morgan fingerprint density at radius 3 is 2.89 bits per heavy atom. The van der Waals surface area contributed by atoms with Crippen molar-refractivity contribution in [2.75, 3.05) is 6.54 Å². The highest BCUT2D eigenvalue weighted by molar-refractivity contribution is 9.10. The van der Waals surface area contributed by atoms with Gasteiger partial charge in [0.15, 0.2) is 0 Å². The average molecular weight is 312 g/mol. The SMILES string of the molecule is CCCNC(c1ccoc1)c1cccc(F)c1Br. The van der Waals surface area contributed by atoms with E-state index in [-0.39, 0.29) is 11.9 Å². The summed E-state index contributed by atoms with van der Waals surface area (Å²) in [5.74, 6) is -0.251. The zero-order valence-electron chi connectivity index (χ0n) is 10.1. The third-order valence-electron chi connectivity index (χ3n) is 2.77. The number of furan rings is 1. The summed E-state index contributed by atoms with van der Waals surface area (Å²) in [5, 5.41) is 3.40. The maximum Gasteiger partial charge on any atom is 0.137 e. The van der Waals surface area contributed by atoms with Crippen molar-refractivity contribution in [2.24, 2.45) is 0 Å². The van der Waals surface area contributed by atoms with Crippen LogP contribution in [0.25, 0.3) is 0 Å². The van der Waals surface area contributed by atoms with Crippen LogP contribution in [0.15, 0.2) is 45.7 Å². The Morgan fingerprint density at radius 2 is 2.22 bits per heavy atom. The lowest BCUT2D eigenvalue weighted by Gasteiger charge is -2.19. The first-order valence-corrected chi connectivity index (χ1v) is 6.72. The van der Waals surface area contributed by atoms with Crippen molar-refractivity contribution in [1.82, 2.24) is 5.32 Å². The predicted octanol–water partition coefficient (Wildman–Crippen LogP) is 4.27. The highest BCUT2D eigenvalue weighted by atomic mass is 79.9. The molecule has 1 atom stereocenters. The van der Waals surface area contributed by atoms with Gasteiger partial charge in [-0.2, -0.15) is 0 Å². The van der Waals surface area contributed by atoms with E-state index in [1.165, 1.54) is 6.07 Å². The van der Waals surface area contributed by atoms with Crippen molar-refractivity contribution in [1.29, 1.82) is 0 Å². The van der Waals surface area contributed by atoms with Gasteiger partial charge in [0.1, 0.15) is 5.82 Å². The van der Waals surface area contributed by atoms with Crippen LogP contribution < -0.4 is 5.32 Å². The molecule has 1 heterocycles. The van der Waals surface area contributed by atoms with Crippen LogP contribution >= 0.6 is 15.9 Å². The molecule has 18 heavy (non-hydrogen) atoms. The van der Waals surface area contributed by atoms with Gasteiger partial charge in [0, 0.05) is 5.56 Å². The first-order valence-electron chi connectivity index (χ1n) is 5.93. The molecule has 0 aliphatic carbocycles. The van der Waals surface area contributed by atoms with Gasteiger partial charge in [-0.15, -0.1) is 0 Å². The largest absolute Gasteiger partial charge is 0.472 e. The molecular formula is C14H15BrFNO. The molecule has 0 radical (unpaired) electrons. The molecule has 1 aromatic carbocycles. The molecular weight excluding hydrogens is 297 g/mol. The van der Waals surface area contributed by atoms with E-state index in [4.69, 9.17) is 4.42 Å². The van der Waals surface area contributed by atoms with Crippen LogP contribution in [0.5, 0.6) is 0 Å². The van der Waals surface area contributed by atoms with E-state index < -0.39 is 0 Å². The topological polar surface area (TPSA) is 25.2 Å². The first-order chi connectivity index (χ1) is 8.74. The van der Waals surface area contributed by atoms with Gasteiger partial charge in [0.05, 0.1) is 23.0 Å². The van der Waals surface area contributed by atoms with Crippen molar-refractivity contribution in [2.45, 2.75) is 19.4 Å². The number of nitrogens with one attached hydrogen (secondary N) is 1. The zero-order valence-corrected chi connectivity index (χ0v) is 11.7. The molecule has 2 nitrogen and oxygen atoms in total. The molecule has 0 spiro atoms.